The highest BCUT2D eigenvalue weighted by molar-refractivity contribution is 7.99. The molecule has 0 atom stereocenters. The van der Waals surface area contributed by atoms with Crippen LogP contribution in [0.4, 0.5) is 0 Å². The van der Waals surface area contributed by atoms with Gasteiger partial charge in [-0.3, -0.25) is 0 Å². The second kappa shape index (κ2) is 22.3. The molecule has 138 valence electrons. The average Bonchev–Trinajstić information content (AvgIpc) is 2.60. The Bertz CT molecular complexity index is 336. The number of unbranched alkanes of at least 4 members (excludes halogenated alkanes) is 5. The summed E-state index contributed by atoms with van der Waals surface area (Å²) in [5.41, 5.74) is 0. The molecule has 0 aliphatic carbocycles. The maximum absolute atomic E-state index is 2.34. The van der Waals surface area contributed by atoms with Crippen molar-refractivity contribution in [2.75, 3.05) is 11.5 Å². The molecule has 0 aromatic rings. The molecule has 0 N–H and O–H groups in total. The molecule has 0 spiro atoms. The third kappa shape index (κ3) is 21.3. The summed E-state index contributed by atoms with van der Waals surface area (Å²) in [5.74, 6) is 2.66. The van der Waals surface area contributed by atoms with E-state index in [4.69, 9.17) is 0 Å². The van der Waals surface area contributed by atoms with Crippen LogP contribution in [0.1, 0.15) is 84.5 Å². The smallest absolute Gasteiger partial charge is 0.00674 e. The normalized spacial score (nSPS) is 12.6. The minimum absolute atomic E-state index is 1.06. The van der Waals surface area contributed by atoms with E-state index in [0.29, 0.717) is 0 Å². The molecule has 0 aromatic carbocycles. The van der Waals surface area contributed by atoms with E-state index in [1.807, 2.05) is 0 Å². The van der Waals surface area contributed by atoms with Gasteiger partial charge in [-0.2, -0.15) is 11.8 Å². The summed E-state index contributed by atoms with van der Waals surface area (Å²) in [5, 5.41) is 0. The van der Waals surface area contributed by atoms with Crippen LogP contribution in [0.3, 0.4) is 0 Å². The molecule has 0 rings (SSSR count). The molecule has 0 saturated carbocycles. The zero-order valence-corrected chi connectivity index (χ0v) is 17.0. The quantitative estimate of drug-likeness (QED) is 0.188. The van der Waals surface area contributed by atoms with Crippen molar-refractivity contribution in [2.45, 2.75) is 84.5 Å². The van der Waals surface area contributed by atoms with Crippen LogP contribution in [0.15, 0.2) is 48.6 Å². The lowest BCUT2D eigenvalue weighted by atomic mass is 10.2. The Balaban J connectivity index is 3.33. The Morgan fingerprint density at radius 3 is 1.50 bits per heavy atom. The van der Waals surface area contributed by atoms with Crippen molar-refractivity contribution in [1.29, 1.82) is 0 Å². The molecule has 0 aliphatic rings. The Kier molecular flexibility index (Phi) is 21.7. The van der Waals surface area contributed by atoms with E-state index in [-0.39, 0.29) is 0 Å². The van der Waals surface area contributed by atoms with Gasteiger partial charge in [0.2, 0.25) is 0 Å². The predicted molar refractivity (Wildman–Crippen MR) is 116 cm³/mol. The topological polar surface area (TPSA) is 0 Å². The molecule has 0 saturated heterocycles. The molecule has 0 fully saturated rings. The monoisotopic (exact) mass is 348 g/mol. The number of thioether (sulfide) groups is 1. The van der Waals surface area contributed by atoms with E-state index in [1.54, 1.807) is 0 Å². The molecule has 0 unspecified atom stereocenters. The van der Waals surface area contributed by atoms with Crippen LogP contribution in [0.5, 0.6) is 0 Å². The Morgan fingerprint density at radius 2 is 1.00 bits per heavy atom. The first-order valence-electron chi connectivity index (χ1n) is 10.1. The third-order valence-electron chi connectivity index (χ3n) is 3.72. The van der Waals surface area contributed by atoms with Crippen molar-refractivity contribution in [3.8, 4) is 0 Å². The summed E-state index contributed by atoms with van der Waals surface area (Å²) in [7, 11) is 0. The van der Waals surface area contributed by atoms with Gasteiger partial charge in [0.15, 0.2) is 0 Å². The minimum atomic E-state index is 1.06. The first-order chi connectivity index (χ1) is 11.9. The van der Waals surface area contributed by atoms with Crippen LogP contribution in [-0.2, 0) is 0 Å². The lowest BCUT2D eigenvalue weighted by Crippen LogP contribution is -1.81. The molecule has 0 heterocycles. The predicted octanol–water partition coefficient (Wildman–Crippen LogP) is 8.28. The number of allylic oxidation sites excluding steroid dienone is 8. The van der Waals surface area contributed by atoms with Crippen LogP contribution in [0.25, 0.3) is 0 Å². The highest BCUT2D eigenvalue weighted by Crippen LogP contribution is 2.07. The molecule has 1 heteroatoms. The van der Waals surface area contributed by atoms with Gasteiger partial charge in [-0.05, 0) is 69.3 Å². The maximum Gasteiger partial charge on any atom is -0.00674 e. The van der Waals surface area contributed by atoms with Crippen molar-refractivity contribution in [3.63, 3.8) is 0 Å². The van der Waals surface area contributed by atoms with Gasteiger partial charge in [0.1, 0.15) is 0 Å². The largest absolute Gasteiger partial charge is 0.162 e. The summed E-state index contributed by atoms with van der Waals surface area (Å²) in [6.07, 6.45) is 32.1. The van der Waals surface area contributed by atoms with Crippen LogP contribution in [0.2, 0.25) is 0 Å². The Morgan fingerprint density at radius 1 is 0.500 bits per heavy atom. The summed E-state index contributed by atoms with van der Waals surface area (Å²) in [4.78, 5) is 0. The highest BCUT2D eigenvalue weighted by Gasteiger charge is 1.87. The van der Waals surface area contributed by atoms with Gasteiger partial charge >= 0.3 is 0 Å². The Hall–Kier alpha value is -0.690. The molecule has 0 aliphatic heterocycles. The second-order valence-electron chi connectivity index (χ2n) is 6.20. The number of rotatable bonds is 17. The van der Waals surface area contributed by atoms with Gasteiger partial charge in [0, 0.05) is 0 Å². The van der Waals surface area contributed by atoms with E-state index >= 15 is 0 Å². The number of hydrogen-bond acceptors (Lipinski definition) is 1. The van der Waals surface area contributed by atoms with Crippen LogP contribution < -0.4 is 0 Å². The average molecular weight is 349 g/mol. The van der Waals surface area contributed by atoms with Gasteiger partial charge in [0.25, 0.3) is 0 Å². The van der Waals surface area contributed by atoms with Gasteiger partial charge in [-0.25, -0.2) is 0 Å². The van der Waals surface area contributed by atoms with Crippen molar-refractivity contribution in [3.05, 3.63) is 48.6 Å². The van der Waals surface area contributed by atoms with E-state index in [9.17, 15) is 0 Å². The SMILES string of the molecule is CCCCC/C=C/C/C=C/C/C=C/C/C=C/CCCCSCCC. The first kappa shape index (κ1) is 23.3. The molecule has 0 bridgehead atoms. The molecular weight excluding hydrogens is 308 g/mol. The highest BCUT2D eigenvalue weighted by atomic mass is 32.2. The second-order valence-corrected chi connectivity index (χ2v) is 7.42. The standard InChI is InChI=1S/C23H40S/c1-3-5-6-7-8-9-10-11-12-13-14-15-16-17-18-19-20-21-23-24-22-4-2/h8-9,11-12,14-15,17-18H,3-7,10,13,16,19-23H2,1-2H3/b9-8+,12-11+,15-14+,18-17+. The van der Waals surface area contributed by atoms with Crippen molar-refractivity contribution in [2.24, 2.45) is 0 Å². The van der Waals surface area contributed by atoms with E-state index in [2.05, 4.69) is 74.2 Å². The lowest BCUT2D eigenvalue weighted by Gasteiger charge is -1.97. The Labute approximate surface area is 156 Å². The molecule has 0 amide bonds. The van der Waals surface area contributed by atoms with Gasteiger partial charge in [-0.15, -0.1) is 0 Å². The van der Waals surface area contributed by atoms with Crippen LogP contribution in [-0.4, -0.2) is 11.5 Å². The summed E-state index contributed by atoms with van der Waals surface area (Å²) < 4.78 is 0. The fraction of sp³-hybridized carbons (Fsp3) is 0.652. The van der Waals surface area contributed by atoms with E-state index in [0.717, 1.165) is 19.3 Å². The zero-order valence-electron chi connectivity index (χ0n) is 16.2. The minimum Gasteiger partial charge on any atom is -0.162 e. The molecule has 24 heavy (non-hydrogen) atoms. The fourth-order valence-corrected chi connectivity index (χ4v) is 3.17. The van der Waals surface area contributed by atoms with Crippen molar-refractivity contribution in [1.82, 2.24) is 0 Å². The van der Waals surface area contributed by atoms with E-state index < -0.39 is 0 Å². The molecule has 0 aromatic heterocycles. The van der Waals surface area contributed by atoms with Crippen LogP contribution in [0, 0.1) is 0 Å². The molecule has 0 nitrogen and oxygen atoms in total. The molecule has 0 radical (unpaired) electrons. The summed E-state index contributed by atoms with van der Waals surface area (Å²) in [6.45, 7) is 4.51. The van der Waals surface area contributed by atoms with E-state index in [1.165, 1.54) is 62.9 Å². The summed E-state index contributed by atoms with van der Waals surface area (Å²) >= 11 is 2.10. The number of hydrogen-bond donors (Lipinski definition) is 0. The van der Waals surface area contributed by atoms with Gasteiger partial charge in [-0.1, -0.05) is 75.3 Å². The maximum atomic E-state index is 2.34. The van der Waals surface area contributed by atoms with Crippen molar-refractivity contribution >= 4 is 11.8 Å². The van der Waals surface area contributed by atoms with Crippen molar-refractivity contribution < 1.29 is 0 Å². The van der Waals surface area contributed by atoms with Gasteiger partial charge < -0.3 is 0 Å². The summed E-state index contributed by atoms with van der Waals surface area (Å²) in [6, 6.07) is 0. The fourth-order valence-electron chi connectivity index (χ4n) is 2.27. The van der Waals surface area contributed by atoms with Crippen LogP contribution >= 0.6 is 11.8 Å². The lowest BCUT2D eigenvalue weighted by molar-refractivity contribution is 0.728. The first-order valence-corrected chi connectivity index (χ1v) is 11.2. The molecular formula is C23H40S. The van der Waals surface area contributed by atoms with Gasteiger partial charge in [0.05, 0.1) is 0 Å². The zero-order chi connectivity index (χ0) is 17.6. The third-order valence-corrected chi connectivity index (χ3v) is 4.99.